The van der Waals surface area contributed by atoms with Crippen molar-refractivity contribution in [2.75, 3.05) is 32.3 Å². The molecule has 3 rings (SSSR count). The molecule has 0 saturated carbocycles. The van der Waals surface area contributed by atoms with E-state index in [4.69, 9.17) is 19.9 Å². The number of pyridine rings is 1. The number of ether oxygens (including phenoxy) is 3. The van der Waals surface area contributed by atoms with Gasteiger partial charge in [-0.05, 0) is 35.9 Å². The van der Waals surface area contributed by atoms with Crippen molar-refractivity contribution in [3.05, 3.63) is 72.1 Å². The average Bonchev–Trinajstić information content (AvgIpc) is 2.78. The fourth-order valence-electron chi connectivity index (χ4n) is 2.34. The molecule has 0 unspecified atom stereocenters. The molecule has 3 aromatic rings. The molecule has 0 aliphatic carbocycles. The van der Waals surface area contributed by atoms with Gasteiger partial charge in [0.05, 0.1) is 26.1 Å². The predicted molar refractivity (Wildman–Crippen MR) is 114 cm³/mol. The second kappa shape index (κ2) is 11.2. The summed E-state index contributed by atoms with van der Waals surface area (Å²) in [6, 6.07) is 14.8. The Bertz CT molecular complexity index is 892. The molecule has 0 fully saturated rings. The fourth-order valence-corrected chi connectivity index (χ4v) is 2.34. The third kappa shape index (κ3) is 6.73. The Hall–Kier alpha value is -3.74. The Labute approximate surface area is 170 Å². The molecule has 0 spiro atoms. The highest BCUT2D eigenvalue weighted by Gasteiger charge is 2.01. The van der Waals surface area contributed by atoms with Crippen LogP contribution >= 0.6 is 0 Å². The number of nitrogens with one attached hydrogen (secondary N) is 1. The van der Waals surface area contributed by atoms with Gasteiger partial charge in [-0.25, -0.2) is 0 Å². The molecule has 2 aromatic carbocycles. The van der Waals surface area contributed by atoms with E-state index in [2.05, 4.69) is 10.3 Å². The minimum atomic E-state index is 0.486. The van der Waals surface area contributed by atoms with Crippen molar-refractivity contribution < 1.29 is 19.0 Å². The van der Waals surface area contributed by atoms with Gasteiger partial charge >= 0.3 is 0 Å². The molecule has 0 aliphatic rings. The number of nitrogen functional groups attached to an aromatic ring is 1. The van der Waals surface area contributed by atoms with Crippen molar-refractivity contribution in [2.45, 2.75) is 6.61 Å². The van der Waals surface area contributed by atoms with Gasteiger partial charge in [-0.2, -0.15) is 0 Å². The van der Waals surface area contributed by atoms with Crippen LogP contribution in [0.2, 0.25) is 0 Å². The van der Waals surface area contributed by atoms with Crippen molar-refractivity contribution in [1.29, 1.82) is 0 Å². The van der Waals surface area contributed by atoms with E-state index in [0.717, 1.165) is 17.5 Å². The second-order valence-corrected chi connectivity index (χ2v) is 5.91. The summed E-state index contributed by atoms with van der Waals surface area (Å²) in [6.45, 7) is 0.486. The van der Waals surface area contributed by atoms with Crippen molar-refractivity contribution in [3.63, 3.8) is 0 Å². The number of aromatic nitrogens is 1. The number of rotatable bonds is 7. The highest BCUT2D eigenvalue weighted by Crippen LogP contribution is 2.21. The quantitative estimate of drug-likeness (QED) is 0.588. The zero-order chi connectivity index (χ0) is 21.1. The first-order chi connectivity index (χ1) is 14.1. The molecular weight excluding hydrogens is 370 g/mol. The lowest BCUT2D eigenvalue weighted by Crippen LogP contribution is -1.99. The van der Waals surface area contributed by atoms with Gasteiger partial charge in [0.2, 0.25) is 0 Å². The fraction of sp³-hybridized carbons (Fsp3) is 0.182. The number of benzene rings is 2. The van der Waals surface area contributed by atoms with E-state index in [9.17, 15) is 4.79 Å². The number of methoxy groups -OCH3 is 2. The van der Waals surface area contributed by atoms with Crippen LogP contribution < -0.4 is 25.3 Å². The van der Waals surface area contributed by atoms with Crippen LogP contribution in [0.3, 0.4) is 0 Å². The van der Waals surface area contributed by atoms with Crippen LogP contribution in [-0.2, 0) is 6.61 Å². The Morgan fingerprint density at radius 1 is 1.03 bits per heavy atom. The molecule has 3 N–H and O–H groups in total. The molecule has 7 heteroatoms. The summed E-state index contributed by atoms with van der Waals surface area (Å²) in [6.07, 6.45) is 4.02. The number of anilines is 2. The van der Waals surface area contributed by atoms with Gasteiger partial charge in [-0.1, -0.05) is 12.1 Å². The molecule has 152 valence electrons. The number of nitrogens with two attached hydrogens (primary N) is 1. The first kappa shape index (κ1) is 21.6. The molecule has 7 nitrogen and oxygen atoms in total. The molecular formula is C22H25N3O4. The number of aldehydes is 1. The van der Waals surface area contributed by atoms with Gasteiger partial charge in [0.1, 0.15) is 24.4 Å². The lowest BCUT2D eigenvalue weighted by Gasteiger charge is -2.08. The molecule has 0 atom stereocenters. The first-order valence-electron chi connectivity index (χ1n) is 8.86. The van der Waals surface area contributed by atoms with E-state index in [1.807, 2.05) is 31.3 Å². The summed E-state index contributed by atoms with van der Waals surface area (Å²) in [5.41, 5.74) is 9.07. The molecule has 1 heterocycles. The van der Waals surface area contributed by atoms with E-state index in [0.29, 0.717) is 35.1 Å². The largest absolute Gasteiger partial charge is 0.497 e. The summed E-state index contributed by atoms with van der Waals surface area (Å²) in [5, 5.41) is 3.07. The van der Waals surface area contributed by atoms with E-state index in [-0.39, 0.29) is 0 Å². The van der Waals surface area contributed by atoms with Crippen molar-refractivity contribution in [3.8, 4) is 17.2 Å². The van der Waals surface area contributed by atoms with Crippen LogP contribution in [0, 0.1) is 0 Å². The van der Waals surface area contributed by atoms with Crippen LogP contribution in [0.15, 0.2) is 60.9 Å². The standard InChI is InChI=1S/C13H15N3O.C9H10O3/c1-15-11-4-2-10(3-5-11)9-17-13-8-16-7-6-12(13)14;1-11-8-3-7(6-10)4-9(5-8)12-2/h2-8,15H,9H2,1H3,(H2,14,16);3-6H,1-2H3. The normalized spacial score (nSPS) is 9.62. The molecule has 0 aliphatic heterocycles. The van der Waals surface area contributed by atoms with Gasteiger partial charge < -0.3 is 25.3 Å². The zero-order valence-corrected chi connectivity index (χ0v) is 16.7. The minimum absolute atomic E-state index is 0.486. The van der Waals surface area contributed by atoms with Gasteiger partial charge in [-0.3, -0.25) is 9.78 Å². The highest BCUT2D eigenvalue weighted by atomic mass is 16.5. The monoisotopic (exact) mass is 395 g/mol. The average molecular weight is 395 g/mol. The Morgan fingerprint density at radius 3 is 2.21 bits per heavy atom. The minimum Gasteiger partial charge on any atom is -0.497 e. The summed E-state index contributed by atoms with van der Waals surface area (Å²) >= 11 is 0. The lowest BCUT2D eigenvalue weighted by molar-refractivity contribution is 0.112. The second-order valence-electron chi connectivity index (χ2n) is 5.91. The SMILES string of the molecule is CNc1ccc(COc2cnccc2N)cc1.COc1cc(C=O)cc(OC)c1. The topological polar surface area (TPSA) is 95.7 Å². The predicted octanol–water partition coefficient (Wildman–Crippen LogP) is 3.80. The molecule has 1 aromatic heterocycles. The molecule has 29 heavy (non-hydrogen) atoms. The maximum Gasteiger partial charge on any atom is 0.160 e. The molecule has 0 bridgehead atoms. The van der Waals surface area contributed by atoms with Gasteiger partial charge in [0.25, 0.3) is 0 Å². The maximum absolute atomic E-state index is 10.4. The Morgan fingerprint density at radius 2 is 1.69 bits per heavy atom. The first-order valence-corrected chi connectivity index (χ1v) is 8.86. The van der Waals surface area contributed by atoms with E-state index < -0.39 is 0 Å². The number of hydrogen-bond donors (Lipinski definition) is 2. The number of hydrogen-bond acceptors (Lipinski definition) is 7. The smallest absolute Gasteiger partial charge is 0.160 e. The summed E-state index contributed by atoms with van der Waals surface area (Å²) in [4.78, 5) is 14.4. The lowest BCUT2D eigenvalue weighted by atomic mass is 10.2. The highest BCUT2D eigenvalue weighted by molar-refractivity contribution is 5.76. The van der Waals surface area contributed by atoms with Crippen LogP contribution in [0.5, 0.6) is 17.2 Å². The third-order valence-electron chi connectivity index (χ3n) is 3.96. The maximum atomic E-state index is 10.4. The van der Waals surface area contributed by atoms with E-state index >= 15 is 0 Å². The van der Waals surface area contributed by atoms with E-state index in [1.54, 1.807) is 50.9 Å². The number of carbonyl (C=O) groups is 1. The molecule has 0 saturated heterocycles. The Balaban J connectivity index is 0.000000221. The van der Waals surface area contributed by atoms with Crippen LogP contribution in [0.25, 0.3) is 0 Å². The number of carbonyl (C=O) groups excluding carboxylic acids is 1. The van der Waals surface area contributed by atoms with Crippen molar-refractivity contribution in [2.24, 2.45) is 0 Å². The molecule has 0 radical (unpaired) electrons. The van der Waals surface area contributed by atoms with Crippen LogP contribution in [-0.4, -0.2) is 32.5 Å². The van der Waals surface area contributed by atoms with Crippen molar-refractivity contribution in [1.82, 2.24) is 4.98 Å². The van der Waals surface area contributed by atoms with Crippen LogP contribution in [0.4, 0.5) is 11.4 Å². The number of nitrogens with zero attached hydrogens (tertiary/aromatic N) is 1. The summed E-state index contributed by atoms with van der Waals surface area (Å²) in [7, 11) is 4.98. The van der Waals surface area contributed by atoms with Crippen molar-refractivity contribution >= 4 is 17.7 Å². The van der Waals surface area contributed by atoms with E-state index in [1.165, 1.54) is 0 Å². The molecule has 0 amide bonds. The summed E-state index contributed by atoms with van der Waals surface area (Å²) < 4.78 is 15.5. The van der Waals surface area contributed by atoms with Gasteiger partial charge in [0.15, 0.2) is 5.75 Å². The zero-order valence-electron chi connectivity index (χ0n) is 16.7. The third-order valence-corrected chi connectivity index (χ3v) is 3.96. The van der Waals surface area contributed by atoms with Crippen LogP contribution in [0.1, 0.15) is 15.9 Å². The van der Waals surface area contributed by atoms with Gasteiger partial charge in [-0.15, -0.1) is 0 Å². The van der Waals surface area contributed by atoms with Gasteiger partial charge in [0, 0.05) is 30.6 Å². The Kier molecular flexibility index (Phi) is 8.31. The summed E-state index contributed by atoms with van der Waals surface area (Å²) in [5.74, 6) is 1.86.